The molecule has 2 aromatic rings. The Morgan fingerprint density at radius 2 is 1.80 bits per heavy atom. The number of aliphatic hydroxyl groups is 5. The fourth-order valence-electron chi connectivity index (χ4n) is 4.21. The number of hydrogen-bond donors (Lipinski definition) is 7. The van der Waals surface area contributed by atoms with Crippen molar-refractivity contribution in [1.82, 2.24) is 0 Å². The highest BCUT2D eigenvalue weighted by Gasteiger charge is 2.54. The number of carbonyl (C=O) groups excluding carboxylic acids is 1. The number of methoxy groups -OCH3 is 1. The van der Waals surface area contributed by atoms with Gasteiger partial charge in [-0.15, -0.1) is 0 Å². The first-order chi connectivity index (χ1) is 19.5. The lowest BCUT2D eigenvalue weighted by Gasteiger charge is -2.42. The van der Waals surface area contributed by atoms with Gasteiger partial charge in [0.2, 0.25) is 6.29 Å². The number of carbonyl (C=O) groups is 1. The summed E-state index contributed by atoms with van der Waals surface area (Å²) in [5.74, 6) is -0.751. The van der Waals surface area contributed by atoms with Crippen molar-refractivity contribution in [1.29, 1.82) is 0 Å². The van der Waals surface area contributed by atoms with E-state index in [1.54, 1.807) is 12.1 Å². The molecule has 7 N–H and O–H groups in total. The second-order valence-corrected chi connectivity index (χ2v) is 9.52. The highest BCUT2D eigenvalue weighted by Crippen LogP contribution is 2.34. The molecule has 14 nitrogen and oxygen atoms in total. The number of aromatic hydroxyl groups is 2. The number of ether oxygens (including phenoxy) is 6. The first-order valence-corrected chi connectivity index (χ1v) is 12.5. The Labute approximate surface area is 234 Å². The van der Waals surface area contributed by atoms with Crippen molar-refractivity contribution in [2.75, 3.05) is 26.9 Å². The van der Waals surface area contributed by atoms with E-state index < -0.39 is 74.5 Å². The normalized spacial score (nSPS) is 31.7. The van der Waals surface area contributed by atoms with E-state index in [2.05, 4.69) is 0 Å². The van der Waals surface area contributed by atoms with Crippen LogP contribution in [0.2, 0.25) is 0 Å². The smallest absolute Gasteiger partial charge is 0.330 e. The number of phenols is 2. The molecule has 2 aromatic carbocycles. The maximum atomic E-state index is 12.1. The lowest BCUT2D eigenvalue weighted by molar-refractivity contribution is -0.318. The maximum absolute atomic E-state index is 12.1. The van der Waals surface area contributed by atoms with Gasteiger partial charge in [0, 0.05) is 12.1 Å². The molecule has 0 bridgehead atoms. The third-order valence-electron chi connectivity index (χ3n) is 6.59. The van der Waals surface area contributed by atoms with E-state index in [9.17, 15) is 40.5 Å². The number of hydrogen-bond acceptors (Lipinski definition) is 14. The summed E-state index contributed by atoms with van der Waals surface area (Å²) in [5.41, 5.74) is -1.47. The molecule has 8 unspecified atom stereocenters. The first-order valence-electron chi connectivity index (χ1n) is 12.5. The largest absolute Gasteiger partial charge is 0.508 e. The SMILES string of the molecule is COc1cc(OC2OC(CO)C(O)C(O)C2OC2OCC(O)(COC(=O)C=Cc3ccc(O)cc3)C2O)ccc1O. The monoisotopic (exact) mass is 580 g/mol. The van der Waals surface area contributed by atoms with Gasteiger partial charge in [-0.2, -0.15) is 0 Å². The van der Waals surface area contributed by atoms with E-state index in [4.69, 9.17) is 28.4 Å². The number of benzene rings is 2. The molecule has 2 heterocycles. The molecular formula is C27H32O14. The summed E-state index contributed by atoms with van der Waals surface area (Å²) < 4.78 is 32.5. The molecule has 8 atom stereocenters. The molecule has 4 rings (SSSR count). The second kappa shape index (κ2) is 13.0. The summed E-state index contributed by atoms with van der Waals surface area (Å²) in [4.78, 5) is 12.1. The van der Waals surface area contributed by atoms with Crippen LogP contribution in [0, 0.1) is 0 Å². The van der Waals surface area contributed by atoms with Gasteiger partial charge in [0.05, 0.1) is 20.3 Å². The Kier molecular flexibility index (Phi) is 9.68. The summed E-state index contributed by atoms with van der Waals surface area (Å²) >= 11 is 0. The van der Waals surface area contributed by atoms with Crippen molar-refractivity contribution in [3.05, 3.63) is 54.1 Å². The van der Waals surface area contributed by atoms with Crippen molar-refractivity contribution in [2.24, 2.45) is 0 Å². The lowest BCUT2D eigenvalue weighted by atomic mass is 9.98. The van der Waals surface area contributed by atoms with Gasteiger partial charge in [-0.25, -0.2) is 4.79 Å². The van der Waals surface area contributed by atoms with Gasteiger partial charge in [0.15, 0.2) is 29.5 Å². The van der Waals surface area contributed by atoms with Crippen molar-refractivity contribution in [3.8, 4) is 23.0 Å². The highest BCUT2D eigenvalue weighted by molar-refractivity contribution is 5.87. The maximum Gasteiger partial charge on any atom is 0.330 e. The third kappa shape index (κ3) is 7.06. The quantitative estimate of drug-likeness (QED) is 0.133. The zero-order valence-corrected chi connectivity index (χ0v) is 21.8. The molecule has 0 amide bonds. The van der Waals surface area contributed by atoms with Crippen molar-refractivity contribution < 1.29 is 69.0 Å². The first kappa shape index (κ1) is 30.5. The molecule has 14 heteroatoms. The van der Waals surface area contributed by atoms with Gasteiger partial charge >= 0.3 is 5.97 Å². The molecule has 0 spiro atoms. The minimum atomic E-state index is -2.08. The van der Waals surface area contributed by atoms with E-state index in [0.29, 0.717) is 5.56 Å². The molecule has 0 saturated carbocycles. The van der Waals surface area contributed by atoms with E-state index in [0.717, 1.165) is 6.08 Å². The standard InChI is InChI=1S/C27H32O14/c1-36-18-10-16(7-8-17(18)30)39-25-23(22(33)21(32)19(11-28)40-25)41-26-24(34)27(35,13-38-26)12-37-20(31)9-4-14-2-5-15(29)6-3-14/h2-10,19,21-26,28-30,32-35H,11-13H2,1H3. The summed E-state index contributed by atoms with van der Waals surface area (Å²) in [6.07, 6.45) is -8.36. The van der Waals surface area contributed by atoms with Crippen LogP contribution in [0.5, 0.6) is 23.0 Å². The lowest BCUT2D eigenvalue weighted by Crippen LogP contribution is -2.62. The Balaban J connectivity index is 1.41. The molecule has 0 aromatic heterocycles. The zero-order valence-electron chi connectivity index (χ0n) is 21.8. The Morgan fingerprint density at radius 3 is 2.49 bits per heavy atom. The summed E-state index contributed by atoms with van der Waals surface area (Å²) in [6, 6.07) is 10.00. The fraction of sp³-hybridized carbons (Fsp3) is 0.444. The fourth-order valence-corrected chi connectivity index (χ4v) is 4.21. The Bertz CT molecular complexity index is 1200. The Morgan fingerprint density at radius 1 is 1.07 bits per heavy atom. The molecule has 2 saturated heterocycles. The molecular weight excluding hydrogens is 548 g/mol. The van der Waals surface area contributed by atoms with Gasteiger partial charge in [0.1, 0.15) is 42.5 Å². The van der Waals surface area contributed by atoms with Crippen LogP contribution in [0.4, 0.5) is 0 Å². The average molecular weight is 581 g/mol. The summed E-state index contributed by atoms with van der Waals surface area (Å²) in [6.45, 7) is -1.85. The number of rotatable bonds is 10. The van der Waals surface area contributed by atoms with Crippen LogP contribution in [0.15, 0.2) is 48.5 Å². The molecule has 0 aliphatic carbocycles. The molecule has 0 radical (unpaired) electrons. The predicted octanol–water partition coefficient (Wildman–Crippen LogP) is -0.986. The zero-order chi connectivity index (χ0) is 29.7. The summed E-state index contributed by atoms with van der Waals surface area (Å²) in [7, 11) is 1.33. The van der Waals surface area contributed by atoms with Gasteiger partial charge < -0.3 is 64.2 Å². The van der Waals surface area contributed by atoms with E-state index in [1.807, 2.05) is 0 Å². The van der Waals surface area contributed by atoms with Crippen molar-refractivity contribution >= 4 is 12.0 Å². The number of aliphatic hydroxyl groups excluding tert-OH is 4. The molecule has 41 heavy (non-hydrogen) atoms. The van der Waals surface area contributed by atoms with E-state index >= 15 is 0 Å². The highest BCUT2D eigenvalue weighted by atomic mass is 16.8. The van der Waals surface area contributed by atoms with Crippen LogP contribution >= 0.6 is 0 Å². The van der Waals surface area contributed by atoms with Gasteiger partial charge in [-0.3, -0.25) is 0 Å². The molecule has 2 aliphatic rings. The second-order valence-electron chi connectivity index (χ2n) is 9.52. The third-order valence-corrected chi connectivity index (χ3v) is 6.59. The van der Waals surface area contributed by atoms with Crippen LogP contribution in [0.25, 0.3) is 6.08 Å². The van der Waals surface area contributed by atoms with Gasteiger partial charge in [-0.1, -0.05) is 12.1 Å². The number of esters is 1. The van der Waals surface area contributed by atoms with Crippen LogP contribution in [0.1, 0.15) is 5.56 Å². The predicted molar refractivity (Wildman–Crippen MR) is 137 cm³/mol. The Hall–Kier alpha value is -3.47. The minimum absolute atomic E-state index is 0.0624. The van der Waals surface area contributed by atoms with Crippen LogP contribution in [0.3, 0.4) is 0 Å². The van der Waals surface area contributed by atoms with Crippen molar-refractivity contribution in [2.45, 2.75) is 48.7 Å². The van der Waals surface area contributed by atoms with Gasteiger partial charge in [0.25, 0.3) is 0 Å². The molecule has 224 valence electrons. The minimum Gasteiger partial charge on any atom is -0.508 e. The van der Waals surface area contributed by atoms with E-state index in [1.165, 1.54) is 43.5 Å². The van der Waals surface area contributed by atoms with E-state index in [-0.39, 0.29) is 23.0 Å². The molecule has 2 aliphatic heterocycles. The van der Waals surface area contributed by atoms with Crippen molar-refractivity contribution in [3.63, 3.8) is 0 Å². The average Bonchev–Trinajstić information content (AvgIpc) is 3.25. The van der Waals surface area contributed by atoms with Crippen LogP contribution in [-0.2, 0) is 23.7 Å². The van der Waals surface area contributed by atoms with Gasteiger partial charge in [-0.05, 0) is 35.9 Å². The summed E-state index contributed by atoms with van der Waals surface area (Å²) in [5, 5.41) is 71.5. The van der Waals surface area contributed by atoms with Crippen LogP contribution in [-0.4, -0.2) is 117 Å². The number of phenolic OH excluding ortho intramolecular Hbond substituents is 2. The molecule has 2 fully saturated rings. The topological polar surface area (TPSA) is 214 Å². The van der Waals surface area contributed by atoms with Crippen LogP contribution < -0.4 is 9.47 Å².